The monoisotopic (exact) mass is 459 g/mol. The van der Waals surface area contributed by atoms with Crippen molar-refractivity contribution < 1.29 is 4.42 Å². The molecule has 0 atom stereocenters. The number of hydrogen-bond acceptors (Lipinski definition) is 6. The first kappa shape index (κ1) is 20.5. The van der Waals surface area contributed by atoms with Gasteiger partial charge >= 0.3 is 0 Å². The zero-order valence-corrected chi connectivity index (χ0v) is 18.7. The molecule has 0 N–H and O–H groups in total. The summed E-state index contributed by atoms with van der Waals surface area (Å²) >= 11 is 7.57. The van der Waals surface area contributed by atoms with E-state index >= 15 is 0 Å². The van der Waals surface area contributed by atoms with Gasteiger partial charge in [0.25, 0.3) is 0 Å². The van der Waals surface area contributed by atoms with Gasteiger partial charge in [0, 0.05) is 21.8 Å². The van der Waals surface area contributed by atoms with Crippen LogP contribution in [-0.2, 0) is 5.75 Å². The summed E-state index contributed by atoms with van der Waals surface area (Å²) in [6.45, 7) is 2.06. The topological polar surface area (TPSA) is 69.6 Å². The van der Waals surface area contributed by atoms with Crippen LogP contribution in [0.25, 0.3) is 28.5 Å². The van der Waals surface area contributed by atoms with Gasteiger partial charge in [0.1, 0.15) is 0 Å². The highest BCUT2D eigenvalue weighted by Crippen LogP contribution is 2.30. The normalized spacial score (nSPS) is 11.1. The van der Waals surface area contributed by atoms with Gasteiger partial charge in [-0.1, -0.05) is 59.3 Å². The number of nitrogens with zero attached hydrogens (tertiary/aromatic N) is 5. The smallest absolute Gasteiger partial charge is 0.247 e. The van der Waals surface area contributed by atoms with Crippen LogP contribution in [0, 0.1) is 6.92 Å². The van der Waals surface area contributed by atoms with E-state index in [1.165, 1.54) is 17.3 Å². The number of rotatable bonds is 6. The second kappa shape index (κ2) is 8.98. The van der Waals surface area contributed by atoms with Crippen molar-refractivity contribution in [2.45, 2.75) is 17.8 Å². The SMILES string of the molecule is Cc1ccc(-n2c(SCc3nnc(-c4ccccc4)o3)nnc2-c2ccc(Cl)cc2)cc1. The number of aromatic nitrogens is 5. The Labute approximate surface area is 194 Å². The fourth-order valence-corrected chi connectivity index (χ4v) is 4.13. The number of thioether (sulfide) groups is 1. The Balaban J connectivity index is 1.45. The first-order chi connectivity index (χ1) is 15.7. The molecule has 5 rings (SSSR count). The van der Waals surface area contributed by atoms with Crippen LogP contribution in [0.5, 0.6) is 0 Å². The van der Waals surface area contributed by atoms with E-state index in [0.29, 0.717) is 22.6 Å². The minimum Gasteiger partial charge on any atom is -0.420 e. The summed E-state index contributed by atoms with van der Waals surface area (Å²) in [6, 6.07) is 25.5. The third-order valence-electron chi connectivity index (χ3n) is 4.84. The van der Waals surface area contributed by atoms with Gasteiger partial charge < -0.3 is 4.42 Å². The zero-order chi connectivity index (χ0) is 21.9. The van der Waals surface area contributed by atoms with E-state index in [1.54, 1.807) is 0 Å². The summed E-state index contributed by atoms with van der Waals surface area (Å²) in [4.78, 5) is 0. The molecule has 0 unspecified atom stereocenters. The van der Waals surface area contributed by atoms with Crippen molar-refractivity contribution in [2.75, 3.05) is 0 Å². The average molecular weight is 460 g/mol. The standard InChI is InChI=1S/C24H18ClN5OS/c1-16-7-13-20(14-8-16)30-22(17-9-11-19(25)12-10-17)27-29-24(30)32-15-21-26-28-23(31-21)18-5-3-2-4-6-18/h2-14H,15H2,1H3. The number of hydrogen-bond donors (Lipinski definition) is 0. The van der Waals surface area contributed by atoms with Gasteiger partial charge in [0.15, 0.2) is 11.0 Å². The van der Waals surface area contributed by atoms with Crippen molar-refractivity contribution in [3.05, 3.63) is 95.3 Å². The lowest BCUT2D eigenvalue weighted by Gasteiger charge is -2.10. The molecular formula is C24H18ClN5OS. The quantitative estimate of drug-likeness (QED) is 0.280. The van der Waals surface area contributed by atoms with E-state index in [2.05, 4.69) is 51.6 Å². The zero-order valence-electron chi connectivity index (χ0n) is 17.1. The van der Waals surface area contributed by atoms with E-state index in [1.807, 2.05) is 59.2 Å². The second-order valence-corrected chi connectivity index (χ2v) is 8.52. The van der Waals surface area contributed by atoms with Crippen molar-refractivity contribution >= 4 is 23.4 Å². The Hall–Kier alpha value is -3.42. The Morgan fingerprint density at radius 3 is 2.31 bits per heavy atom. The molecule has 0 spiro atoms. The first-order valence-corrected chi connectivity index (χ1v) is 11.3. The highest BCUT2D eigenvalue weighted by atomic mass is 35.5. The number of benzene rings is 3. The maximum absolute atomic E-state index is 6.07. The van der Waals surface area contributed by atoms with Crippen LogP contribution >= 0.6 is 23.4 Å². The fourth-order valence-electron chi connectivity index (χ4n) is 3.21. The molecule has 0 radical (unpaired) electrons. The molecule has 0 saturated heterocycles. The lowest BCUT2D eigenvalue weighted by molar-refractivity contribution is 0.528. The van der Waals surface area contributed by atoms with Gasteiger partial charge in [-0.25, -0.2) is 0 Å². The van der Waals surface area contributed by atoms with E-state index in [4.69, 9.17) is 16.0 Å². The molecule has 2 heterocycles. The van der Waals surface area contributed by atoms with Gasteiger partial charge in [0.2, 0.25) is 11.8 Å². The molecule has 158 valence electrons. The van der Waals surface area contributed by atoms with Crippen LogP contribution < -0.4 is 0 Å². The Morgan fingerprint density at radius 2 is 1.56 bits per heavy atom. The largest absolute Gasteiger partial charge is 0.420 e. The van der Waals surface area contributed by atoms with E-state index in [0.717, 1.165) is 27.8 Å². The minimum atomic E-state index is 0.477. The molecule has 8 heteroatoms. The summed E-state index contributed by atoms with van der Waals surface area (Å²) in [6.07, 6.45) is 0. The van der Waals surface area contributed by atoms with Crippen LogP contribution in [0.4, 0.5) is 0 Å². The van der Waals surface area contributed by atoms with Gasteiger partial charge in [-0.05, 0) is 55.5 Å². The lowest BCUT2D eigenvalue weighted by atomic mass is 10.2. The maximum atomic E-state index is 6.07. The second-order valence-electron chi connectivity index (χ2n) is 7.14. The van der Waals surface area contributed by atoms with Crippen molar-refractivity contribution in [3.8, 4) is 28.5 Å². The number of aryl methyl sites for hydroxylation is 1. The molecule has 5 aromatic rings. The highest BCUT2D eigenvalue weighted by Gasteiger charge is 2.18. The molecule has 0 fully saturated rings. The summed E-state index contributed by atoms with van der Waals surface area (Å²) in [7, 11) is 0. The van der Waals surface area contributed by atoms with Crippen LogP contribution in [0.3, 0.4) is 0 Å². The molecule has 2 aromatic heterocycles. The fraction of sp³-hybridized carbons (Fsp3) is 0.0833. The van der Waals surface area contributed by atoms with Gasteiger partial charge in [-0.3, -0.25) is 4.57 Å². The van der Waals surface area contributed by atoms with Crippen molar-refractivity contribution in [1.29, 1.82) is 0 Å². The number of halogens is 1. The van der Waals surface area contributed by atoms with Crippen molar-refractivity contribution in [1.82, 2.24) is 25.0 Å². The first-order valence-electron chi connectivity index (χ1n) is 9.96. The van der Waals surface area contributed by atoms with Gasteiger partial charge in [0.05, 0.1) is 5.75 Å². The molecule has 0 aliphatic rings. The average Bonchev–Trinajstić information content (AvgIpc) is 3.47. The molecular weight excluding hydrogens is 442 g/mol. The molecule has 0 amide bonds. The summed E-state index contributed by atoms with van der Waals surface area (Å²) in [5.74, 6) is 2.25. The van der Waals surface area contributed by atoms with E-state index in [9.17, 15) is 0 Å². The van der Waals surface area contributed by atoms with Crippen molar-refractivity contribution in [2.24, 2.45) is 0 Å². The minimum absolute atomic E-state index is 0.477. The van der Waals surface area contributed by atoms with Crippen LogP contribution in [0.2, 0.25) is 5.02 Å². The summed E-state index contributed by atoms with van der Waals surface area (Å²) in [5.41, 5.74) is 3.98. The van der Waals surface area contributed by atoms with Crippen LogP contribution in [0.1, 0.15) is 11.5 Å². The molecule has 0 aliphatic heterocycles. The lowest BCUT2D eigenvalue weighted by Crippen LogP contribution is -2.00. The van der Waals surface area contributed by atoms with Gasteiger partial charge in [-0.15, -0.1) is 20.4 Å². The summed E-state index contributed by atoms with van der Waals surface area (Å²) < 4.78 is 7.87. The Kier molecular flexibility index (Phi) is 5.75. The summed E-state index contributed by atoms with van der Waals surface area (Å²) in [5, 5.41) is 18.7. The third kappa shape index (κ3) is 4.30. The predicted molar refractivity (Wildman–Crippen MR) is 126 cm³/mol. The molecule has 32 heavy (non-hydrogen) atoms. The molecule has 0 aliphatic carbocycles. The third-order valence-corrected chi connectivity index (χ3v) is 6.01. The van der Waals surface area contributed by atoms with Crippen LogP contribution in [0.15, 0.2) is 88.4 Å². The highest BCUT2D eigenvalue weighted by molar-refractivity contribution is 7.98. The van der Waals surface area contributed by atoms with Gasteiger partial charge in [-0.2, -0.15) is 0 Å². The van der Waals surface area contributed by atoms with E-state index in [-0.39, 0.29) is 0 Å². The predicted octanol–water partition coefficient (Wildman–Crippen LogP) is 6.24. The molecule has 6 nitrogen and oxygen atoms in total. The van der Waals surface area contributed by atoms with Crippen molar-refractivity contribution in [3.63, 3.8) is 0 Å². The molecule has 0 bridgehead atoms. The van der Waals surface area contributed by atoms with Crippen LogP contribution in [-0.4, -0.2) is 25.0 Å². The maximum Gasteiger partial charge on any atom is 0.247 e. The van der Waals surface area contributed by atoms with E-state index < -0.39 is 0 Å². The Morgan fingerprint density at radius 1 is 0.812 bits per heavy atom. The molecule has 3 aromatic carbocycles. The Bertz CT molecular complexity index is 1330. The molecule has 0 saturated carbocycles.